The third-order valence-corrected chi connectivity index (χ3v) is 3.45. The van der Waals surface area contributed by atoms with Crippen molar-refractivity contribution >= 4 is 11.8 Å². The molecule has 1 aromatic rings. The molecule has 0 aliphatic heterocycles. The molecular formula is C12H16F3NS. The minimum atomic E-state index is -1.15. The van der Waals surface area contributed by atoms with Crippen LogP contribution < -0.4 is 5.32 Å². The molecule has 0 aliphatic carbocycles. The largest absolute Gasteiger partial charge is 0.309 e. The maximum Gasteiger partial charge on any atom is 0.161 e. The molecule has 0 amide bonds. The average molecular weight is 263 g/mol. The Labute approximate surface area is 104 Å². The molecule has 0 saturated heterocycles. The number of halogens is 3. The smallest absolute Gasteiger partial charge is 0.161 e. The Kier molecular flexibility index (Phi) is 5.85. The molecule has 0 fully saturated rings. The molecule has 0 aliphatic rings. The fourth-order valence-corrected chi connectivity index (χ4v) is 2.04. The first-order chi connectivity index (χ1) is 8.04. The number of thioether (sulfide) groups is 1. The van der Waals surface area contributed by atoms with Crippen LogP contribution in [0.5, 0.6) is 0 Å². The van der Waals surface area contributed by atoms with Crippen molar-refractivity contribution in [3.8, 4) is 0 Å². The zero-order chi connectivity index (χ0) is 12.8. The van der Waals surface area contributed by atoms with E-state index in [4.69, 9.17) is 0 Å². The zero-order valence-electron chi connectivity index (χ0n) is 9.90. The number of hydrogen-bond acceptors (Lipinski definition) is 2. The average Bonchev–Trinajstić information content (AvgIpc) is 2.29. The third kappa shape index (κ3) is 4.60. The second-order valence-corrected chi connectivity index (χ2v) is 5.12. The number of rotatable bonds is 6. The Morgan fingerprint density at radius 3 is 2.47 bits per heavy atom. The van der Waals surface area contributed by atoms with E-state index in [1.807, 2.05) is 6.92 Å². The summed E-state index contributed by atoms with van der Waals surface area (Å²) in [5.41, 5.74) is 0.150. The first kappa shape index (κ1) is 14.4. The summed E-state index contributed by atoms with van der Waals surface area (Å²) in [6.07, 6.45) is 0. The molecule has 0 bridgehead atoms. The lowest BCUT2D eigenvalue weighted by Crippen LogP contribution is -2.28. The first-order valence-corrected chi connectivity index (χ1v) is 6.64. The van der Waals surface area contributed by atoms with E-state index in [0.717, 1.165) is 17.6 Å². The lowest BCUT2D eigenvalue weighted by molar-refractivity contribution is 0.484. The molecule has 1 atom stereocenters. The molecular weight excluding hydrogens is 247 g/mol. The summed E-state index contributed by atoms with van der Waals surface area (Å²) >= 11 is 1.77. The van der Waals surface area contributed by atoms with E-state index in [9.17, 15) is 13.2 Å². The Morgan fingerprint density at radius 1 is 1.18 bits per heavy atom. The maximum absolute atomic E-state index is 13.3. The van der Waals surface area contributed by atoms with E-state index in [1.165, 1.54) is 0 Å². The van der Waals surface area contributed by atoms with Crippen molar-refractivity contribution in [1.82, 2.24) is 5.32 Å². The van der Waals surface area contributed by atoms with Crippen molar-refractivity contribution in [3.05, 3.63) is 35.1 Å². The van der Waals surface area contributed by atoms with Crippen LogP contribution in [0.3, 0.4) is 0 Å². The third-order valence-electron chi connectivity index (χ3n) is 2.30. The summed E-state index contributed by atoms with van der Waals surface area (Å²) < 4.78 is 38.9. The Morgan fingerprint density at radius 2 is 1.82 bits per heavy atom. The zero-order valence-corrected chi connectivity index (χ0v) is 10.7. The highest BCUT2D eigenvalue weighted by Gasteiger charge is 2.10. The van der Waals surface area contributed by atoms with E-state index >= 15 is 0 Å². The molecule has 0 heterocycles. The summed E-state index contributed by atoms with van der Waals surface area (Å²) in [4.78, 5) is 0. The van der Waals surface area contributed by atoms with E-state index in [2.05, 4.69) is 12.2 Å². The van der Waals surface area contributed by atoms with Crippen LogP contribution in [0.1, 0.15) is 19.4 Å². The molecule has 1 aromatic carbocycles. The molecule has 0 radical (unpaired) electrons. The van der Waals surface area contributed by atoms with Gasteiger partial charge in [-0.1, -0.05) is 6.92 Å². The number of benzene rings is 1. The van der Waals surface area contributed by atoms with Crippen LogP contribution >= 0.6 is 11.8 Å². The second kappa shape index (κ2) is 6.91. The predicted molar refractivity (Wildman–Crippen MR) is 65.6 cm³/mol. The summed E-state index contributed by atoms with van der Waals surface area (Å²) in [5.74, 6) is -0.959. The monoisotopic (exact) mass is 263 g/mol. The topological polar surface area (TPSA) is 12.0 Å². The summed E-state index contributed by atoms with van der Waals surface area (Å²) in [5, 5.41) is 3.07. The molecule has 17 heavy (non-hydrogen) atoms. The molecule has 1 unspecified atom stereocenters. The lowest BCUT2D eigenvalue weighted by Gasteiger charge is -2.13. The normalized spacial score (nSPS) is 12.8. The van der Waals surface area contributed by atoms with Gasteiger partial charge in [-0.3, -0.25) is 0 Å². The van der Waals surface area contributed by atoms with Crippen LogP contribution in [-0.2, 0) is 6.54 Å². The molecule has 1 rings (SSSR count). The predicted octanol–water partition coefficient (Wildman–Crippen LogP) is 3.34. The van der Waals surface area contributed by atoms with Crippen LogP contribution in [0.2, 0.25) is 0 Å². The van der Waals surface area contributed by atoms with Crippen LogP contribution in [0.15, 0.2) is 12.1 Å². The van der Waals surface area contributed by atoms with Gasteiger partial charge < -0.3 is 5.32 Å². The van der Waals surface area contributed by atoms with Crippen LogP contribution in [-0.4, -0.2) is 17.5 Å². The highest BCUT2D eigenvalue weighted by Crippen LogP contribution is 2.14. The van der Waals surface area contributed by atoms with Gasteiger partial charge in [0.2, 0.25) is 0 Å². The Hall–Kier alpha value is -0.680. The highest BCUT2D eigenvalue weighted by atomic mass is 32.2. The maximum atomic E-state index is 13.3. The highest BCUT2D eigenvalue weighted by molar-refractivity contribution is 7.99. The summed E-state index contributed by atoms with van der Waals surface area (Å²) in [6.45, 7) is 4.24. The molecule has 1 N–H and O–H groups in total. The fourth-order valence-electron chi connectivity index (χ4n) is 1.34. The lowest BCUT2D eigenvalue weighted by atomic mass is 10.2. The Balaban J connectivity index is 2.54. The number of nitrogens with one attached hydrogen (secondary N) is 1. The first-order valence-electron chi connectivity index (χ1n) is 5.49. The van der Waals surface area contributed by atoms with Gasteiger partial charge in [0, 0.05) is 30.0 Å². The van der Waals surface area contributed by atoms with Gasteiger partial charge in [-0.2, -0.15) is 11.8 Å². The van der Waals surface area contributed by atoms with Crippen molar-refractivity contribution in [2.75, 3.05) is 11.5 Å². The molecule has 1 nitrogen and oxygen atoms in total. The van der Waals surface area contributed by atoms with E-state index < -0.39 is 17.5 Å². The van der Waals surface area contributed by atoms with Gasteiger partial charge in [-0.05, 0) is 18.7 Å². The molecule has 0 aromatic heterocycles. The molecule has 96 valence electrons. The number of hydrogen-bond donors (Lipinski definition) is 1. The van der Waals surface area contributed by atoms with Crippen molar-refractivity contribution in [1.29, 1.82) is 0 Å². The minimum absolute atomic E-state index is 0.150. The standard InChI is InChI=1S/C12H16F3NS/c1-3-17-7-8(2)16-6-9-4-11(14)12(15)5-10(9)13/h4-5,8,16H,3,6-7H2,1-2H3. The SMILES string of the molecule is CCSCC(C)NCc1cc(F)c(F)cc1F. The van der Waals surface area contributed by atoms with Gasteiger partial charge in [0.05, 0.1) is 0 Å². The van der Waals surface area contributed by atoms with Crippen LogP contribution in [0.25, 0.3) is 0 Å². The van der Waals surface area contributed by atoms with Crippen molar-refractivity contribution in [2.24, 2.45) is 0 Å². The van der Waals surface area contributed by atoms with Crippen molar-refractivity contribution < 1.29 is 13.2 Å². The minimum Gasteiger partial charge on any atom is -0.309 e. The van der Waals surface area contributed by atoms with Gasteiger partial charge in [0.1, 0.15) is 5.82 Å². The molecule has 5 heteroatoms. The molecule has 0 saturated carbocycles. The second-order valence-electron chi connectivity index (χ2n) is 3.80. The van der Waals surface area contributed by atoms with Gasteiger partial charge in [0.25, 0.3) is 0 Å². The van der Waals surface area contributed by atoms with Gasteiger partial charge in [-0.15, -0.1) is 0 Å². The van der Waals surface area contributed by atoms with E-state index in [-0.39, 0.29) is 18.2 Å². The van der Waals surface area contributed by atoms with E-state index in [0.29, 0.717) is 6.07 Å². The van der Waals surface area contributed by atoms with Gasteiger partial charge in [0.15, 0.2) is 11.6 Å². The van der Waals surface area contributed by atoms with Crippen molar-refractivity contribution in [3.63, 3.8) is 0 Å². The molecule has 0 spiro atoms. The van der Waals surface area contributed by atoms with Gasteiger partial charge in [-0.25, -0.2) is 13.2 Å². The van der Waals surface area contributed by atoms with Gasteiger partial charge >= 0.3 is 0 Å². The summed E-state index contributed by atoms with van der Waals surface area (Å²) in [7, 11) is 0. The summed E-state index contributed by atoms with van der Waals surface area (Å²) in [6, 6.07) is 1.68. The van der Waals surface area contributed by atoms with Crippen LogP contribution in [0, 0.1) is 17.5 Å². The fraction of sp³-hybridized carbons (Fsp3) is 0.500. The van der Waals surface area contributed by atoms with Crippen molar-refractivity contribution in [2.45, 2.75) is 26.4 Å². The Bertz CT molecular complexity index is 371. The quantitative estimate of drug-likeness (QED) is 0.790. The van der Waals surface area contributed by atoms with Crippen LogP contribution in [0.4, 0.5) is 13.2 Å². The van der Waals surface area contributed by atoms with E-state index in [1.54, 1.807) is 11.8 Å².